The average molecular weight is 498 g/mol. The topological polar surface area (TPSA) is 152 Å². The van der Waals surface area contributed by atoms with E-state index in [1.807, 2.05) is 24.3 Å². The van der Waals surface area contributed by atoms with Gasteiger partial charge in [-0.25, -0.2) is 4.98 Å². The number of aromatic nitrogens is 4. The van der Waals surface area contributed by atoms with Crippen molar-refractivity contribution in [1.82, 2.24) is 19.5 Å². The molecule has 6 N–H and O–H groups in total. The van der Waals surface area contributed by atoms with E-state index in [0.717, 1.165) is 9.13 Å². The van der Waals surface area contributed by atoms with Gasteiger partial charge in [-0.05, 0) is 40.3 Å². The monoisotopic (exact) mass is 498 g/mol. The molecule has 1 saturated heterocycles. The summed E-state index contributed by atoms with van der Waals surface area (Å²) in [5.74, 6) is 0.484. The number of nitrogens with two attached hydrogens (primary N) is 1. The van der Waals surface area contributed by atoms with Crippen LogP contribution in [-0.4, -0.2) is 59.8 Å². The summed E-state index contributed by atoms with van der Waals surface area (Å²) in [6.07, 6.45) is -2.86. The number of aliphatic hydroxyl groups excluding tert-OH is 3. The molecule has 3 heterocycles. The summed E-state index contributed by atoms with van der Waals surface area (Å²) < 4.78 is 8.16. The molecule has 148 valence electrons. The summed E-state index contributed by atoms with van der Waals surface area (Å²) in [7, 11) is 0. The first-order valence-corrected chi connectivity index (χ1v) is 9.66. The fraction of sp³-hybridized carbons (Fsp3) is 0.353. The van der Waals surface area contributed by atoms with E-state index in [-0.39, 0.29) is 5.95 Å². The number of anilines is 2. The van der Waals surface area contributed by atoms with Gasteiger partial charge in [0.25, 0.3) is 0 Å². The molecule has 1 aliphatic heterocycles. The first kappa shape index (κ1) is 19.3. The molecular formula is C17H19IN6O4. The standard InChI is InChI=1S/C17H19IN6O4/c18-9-3-1-2-8(4-9)5-20-14-11-15(23-17(19)22-14)24(7-21-11)16-13(27)12(26)10(6-25)28-16/h1-4,7,10,12-13,16,25-27H,5-6H2,(H3,19,20,22,23)/t10-,12-,13-,16-/m1/s1. The number of fused-ring (bicyclic) bond motifs is 1. The molecule has 1 fully saturated rings. The van der Waals surface area contributed by atoms with Crippen molar-refractivity contribution in [2.45, 2.75) is 31.1 Å². The minimum atomic E-state index is -1.24. The van der Waals surface area contributed by atoms with Crippen LogP contribution in [0.25, 0.3) is 11.2 Å². The van der Waals surface area contributed by atoms with Crippen molar-refractivity contribution >= 4 is 45.5 Å². The lowest BCUT2D eigenvalue weighted by molar-refractivity contribution is -0.0511. The number of ether oxygens (including phenoxy) is 1. The summed E-state index contributed by atoms with van der Waals surface area (Å²) in [5, 5.41) is 32.8. The minimum Gasteiger partial charge on any atom is -0.394 e. The molecule has 0 radical (unpaired) electrons. The number of nitrogens with zero attached hydrogens (tertiary/aromatic N) is 4. The Balaban J connectivity index is 1.65. The number of hydrogen-bond donors (Lipinski definition) is 5. The Labute approximate surface area is 173 Å². The van der Waals surface area contributed by atoms with E-state index in [0.29, 0.717) is 23.5 Å². The highest BCUT2D eigenvalue weighted by molar-refractivity contribution is 14.1. The summed E-state index contributed by atoms with van der Waals surface area (Å²) in [6.45, 7) is 0.101. The third-order valence-electron chi connectivity index (χ3n) is 4.58. The second kappa shape index (κ2) is 7.75. The third-order valence-corrected chi connectivity index (χ3v) is 5.25. The van der Waals surface area contributed by atoms with E-state index in [4.69, 9.17) is 10.5 Å². The van der Waals surface area contributed by atoms with E-state index in [1.54, 1.807) is 0 Å². The van der Waals surface area contributed by atoms with Crippen molar-refractivity contribution in [2.75, 3.05) is 17.7 Å². The van der Waals surface area contributed by atoms with Gasteiger partial charge in [0.2, 0.25) is 5.95 Å². The molecule has 0 unspecified atom stereocenters. The maximum atomic E-state index is 10.3. The first-order chi connectivity index (χ1) is 13.5. The maximum absolute atomic E-state index is 10.3. The van der Waals surface area contributed by atoms with Gasteiger partial charge in [-0.3, -0.25) is 4.57 Å². The molecule has 28 heavy (non-hydrogen) atoms. The zero-order valence-electron chi connectivity index (χ0n) is 14.6. The number of halogens is 1. The molecule has 4 atom stereocenters. The molecule has 1 aliphatic rings. The van der Waals surface area contributed by atoms with Gasteiger partial charge in [-0.15, -0.1) is 0 Å². The predicted octanol–water partition coefficient (Wildman–Crippen LogP) is 0.237. The van der Waals surface area contributed by atoms with Gasteiger partial charge in [-0.2, -0.15) is 9.97 Å². The van der Waals surface area contributed by atoms with E-state index in [1.165, 1.54) is 10.9 Å². The van der Waals surface area contributed by atoms with Gasteiger partial charge in [0.1, 0.15) is 18.3 Å². The molecule has 4 rings (SSSR count). The number of benzene rings is 1. The highest BCUT2D eigenvalue weighted by atomic mass is 127. The Morgan fingerprint density at radius 3 is 2.79 bits per heavy atom. The fourth-order valence-corrected chi connectivity index (χ4v) is 3.79. The van der Waals surface area contributed by atoms with Crippen LogP contribution in [0.15, 0.2) is 30.6 Å². The molecule has 0 bridgehead atoms. The highest BCUT2D eigenvalue weighted by Gasteiger charge is 2.44. The van der Waals surface area contributed by atoms with Crippen LogP contribution in [-0.2, 0) is 11.3 Å². The van der Waals surface area contributed by atoms with Gasteiger partial charge in [0.05, 0.1) is 12.9 Å². The van der Waals surface area contributed by atoms with Crippen LogP contribution in [0, 0.1) is 3.57 Å². The zero-order valence-corrected chi connectivity index (χ0v) is 16.8. The lowest BCUT2D eigenvalue weighted by atomic mass is 10.1. The van der Waals surface area contributed by atoms with Crippen LogP contribution in [0.1, 0.15) is 11.8 Å². The normalized spacial score (nSPS) is 24.7. The number of hydrogen-bond acceptors (Lipinski definition) is 9. The third kappa shape index (κ3) is 3.51. The highest BCUT2D eigenvalue weighted by Crippen LogP contribution is 2.32. The molecule has 2 aromatic heterocycles. The summed E-state index contributed by atoms with van der Waals surface area (Å²) in [6, 6.07) is 8.02. The first-order valence-electron chi connectivity index (χ1n) is 8.58. The van der Waals surface area contributed by atoms with E-state index in [2.05, 4.69) is 42.9 Å². The minimum absolute atomic E-state index is 0.0335. The van der Waals surface area contributed by atoms with Gasteiger partial charge in [0.15, 0.2) is 23.2 Å². The lowest BCUT2D eigenvalue weighted by Gasteiger charge is -2.16. The van der Waals surface area contributed by atoms with Gasteiger partial charge in [-0.1, -0.05) is 12.1 Å². The van der Waals surface area contributed by atoms with Crippen LogP contribution in [0.5, 0.6) is 0 Å². The van der Waals surface area contributed by atoms with Crippen LogP contribution in [0.3, 0.4) is 0 Å². The van der Waals surface area contributed by atoms with E-state index < -0.39 is 31.1 Å². The lowest BCUT2D eigenvalue weighted by Crippen LogP contribution is -2.33. The smallest absolute Gasteiger partial charge is 0.224 e. The van der Waals surface area contributed by atoms with Crippen LogP contribution in [0.4, 0.5) is 11.8 Å². The summed E-state index contributed by atoms with van der Waals surface area (Å²) >= 11 is 2.25. The van der Waals surface area contributed by atoms with Crippen molar-refractivity contribution in [3.05, 3.63) is 39.7 Å². The van der Waals surface area contributed by atoms with Crippen LogP contribution in [0.2, 0.25) is 0 Å². The van der Waals surface area contributed by atoms with Gasteiger partial charge < -0.3 is 31.1 Å². The van der Waals surface area contributed by atoms with Crippen molar-refractivity contribution in [3.63, 3.8) is 0 Å². The number of imidazole rings is 1. The van der Waals surface area contributed by atoms with Crippen LogP contribution >= 0.6 is 22.6 Å². The molecule has 0 amide bonds. The Hall–Kier alpha value is -2.06. The van der Waals surface area contributed by atoms with Crippen LogP contribution < -0.4 is 11.1 Å². The molecule has 0 aliphatic carbocycles. The molecular weight excluding hydrogens is 479 g/mol. The number of aliphatic hydroxyl groups is 3. The van der Waals surface area contributed by atoms with Crippen molar-refractivity contribution in [1.29, 1.82) is 0 Å². The van der Waals surface area contributed by atoms with Gasteiger partial charge >= 0.3 is 0 Å². The zero-order chi connectivity index (χ0) is 19.8. The Bertz CT molecular complexity index is 999. The Morgan fingerprint density at radius 2 is 2.07 bits per heavy atom. The fourth-order valence-electron chi connectivity index (χ4n) is 3.19. The molecule has 3 aromatic rings. The molecule has 0 spiro atoms. The second-order valence-corrected chi connectivity index (χ2v) is 7.71. The Morgan fingerprint density at radius 1 is 1.25 bits per heavy atom. The summed E-state index contributed by atoms with van der Waals surface area (Å²) in [5.41, 5.74) is 7.74. The van der Waals surface area contributed by atoms with Gasteiger partial charge in [0, 0.05) is 10.1 Å². The number of nitrogens with one attached hydrogen (secondary N) is 1. The number of rotatable bonds is 5. The van der Waals surface area contributed by atoms with Crippen molar-refractivity contribution in [2.24, 2.45) is 0 Å². The molecule has 0 saturated carbocycles. The summed E-state index contributed by atoms with van der Waals surface area (Å²) in [4.78, 5) is 12.8. The quantitative estimate of drug-likeness (QED) is 0.312. The molecule has 1 aromatic carbocycles. The van der Waals surface area contributed by atoms with E-state index >= 15 is 0 Å². The second-order valence-electron chi connectivity index (χ2n) is 6.47. The SMILES string of the molecule is Nc1nc(NCc2cccc(I)c2)c2ncn([C@@H]3O[C@H](CO)[C@@H](O)[C@H]3O)c2n1. The largest absolute Gasteiger partial charge is 0.394 e. The van der Waals surface area contributed by atoms with E-state index in [9.17, 15) is 15.3 Å². The molecule has 10 nitrogen and oxygen atoms in total. The maximum Gasteiger partial charge on any atom is 0.224 e. The number of nitrogen functional groups attached to an aromatic ring is 1. The molecule has 11 heteroatoms. The Kier molecular flexibility index (Phi) is 5.33. The predicted molar refractivity (Wildman–Crippen MR) is 109 cm³/mol. The van der Waals surface area contributed by atoms with Crippen molar-refractivity contribution in [3.8, 4) is 0 Å². The average Bonchev–Trinajstić information content (AvgIpc) is 3.21. The van der Waals surface area contributed by atoms with Crippen molar-refractivity contribution < 1.29 is 20.1 Å².